The fraction of sp³-hybridized carbons (Fsp3) is 0.478. The third kappa shape index (κ3) is 7.89. The molecule has 1 N–H and O–H groups in total. The number of benzene rings is 2. The van der Waals surface area contributed by atoms with E-state index < -0.39 is 6.10 Å². The number of aliphatic hydroxyl groups excluding tert-OH is 1. The van der Waals surface area contributed by atoms with Gasteiger partial charge in [-0.2, -0.15) is 0 Å². The van der Waals surface area contributed by atoms with Crippen molar-refractivity contribution in [3.8, 4) is 11.5 Å². The molecule has 0 unspecified atom stereocenters. The fourth-order valence-corrected chi connectivity index (χ4v) is 2.99. The van der Waals surface area contributed by atoms with E-state index in [-0.39, 0.29) is 6.61 Å². The molecule has 2 rings (SSSR count). The molecule has 0 aliphatic rings. The maximum Gasteiger partial charge on any atom is 0.122 e. The Bertz CT molecular complexity index is 702. The molecule has 154 valence electrons. The zero-order valence-corrected chi connectivity index (χ0v) is 17.5. The van der Waals surface area contributed by atoms with Crippen LogP contribution in [0.15, 0.2) is 42.5 Å². The third-order valence-electron chi connectivity index (χ3n) is 4.36. The SMILES string of the molecule is CCOCCOc1ccc(CN(C)C[C@@H](O)COc2ccc(C)cc2C)cc1. The predicted octanol–water partition coefficient (Wildman–Crippen LogP) is 3.59. The smallest absolute Gasteiger partial charge is 0.122 e. The summed E-state index contributed by atoms with van der Waals surface area (Å²) in [6.07, 6.45) is -0.549. The van der Waals surface area contributed by atoms with Crippen LogP contribution in [0.5, 0.6) is 11.5 Å². The molecule has 0 fully saturated rings. The minimum Gasteiger partial charge on any atom is -0.491 e. The van der Waals surface area contributed by atoms with Gasteiger partial charge in [-0.15, -0.1) is 0 Å². The van der Waals surface area contributed by atoms with E-state index >= 15 is 0 Å². The average molecular weight is 388 g/mol. The van der Waals surface area contributed by atoms with E-state index in [0.717, 1.165) is 23.6 Å². The van der Waals surface area contributed by atoms with Gasteiger partial charge in [-0.25, -0.2) is 0 Å². The number of aliphatic hydroxyl groups is 1. The Labute approximate surface area is 168 Å². The Morgan fingerprint density at radius 1 is 1.00 bits per heavy atom. The zero-order chi connectivity index (χ0) is 20.4. The van der Waals surface area contributed by atoms with Crippen LogP contribution in [0.1, 0.15) is 23.6 Å². The second-order valence-corrected chi connectivity index (χ2v) is 7.12. The first-order valence-corrected chi connectivity index (χ1v) is 9.84. The van der Waals surface area contributed by atoms with Crippen LogP contribution < -0.4 is 9.47 Å². The molecule has 0 amide bonds. The topological polar surface area (TPSA) is 51.2 Å². The lowest BCUT2D eigenvalue weighted by Gasteiger charge is -2.21. The summed E-state index contributed by atoms with van der Waals surface area (Å²) in [5.74, 6) is 1.67. The number of nitrogens with zero attached hydrogens (tertiary/aromatic N) is 1. The highest BCUT2D eigenvalue weighted by molar-refractivity contribution is 5.35. The van der Waals surface area contributed by atoms with Crippen LogP contribution in [0.4, 0.5) is 0 Å². The second kappa shape index (κ2) is 11.7. The maximum atomic E-state index is 10.3. The summed E-state index contributed by atoms with van der Waals surface area (Å²) in [5.41, 5.74) is 3.46. The second-order valence-electron chi connectivity index (χ2n) is 7.12. The quantitative estimate of drug-likeness (QED) is 0.564. The maximum absolute atomic E-state index is 10.3. The van der Waals surface area contributed by atoms with Crippen molar-refractivity contribution >= 4 is 0 Å². The monoisotopic (exact) mass is 387 g/mol. The summed E-state index contributed by atoms with van der Waals surface area (Å²) < 4.78 is 16.7. The minimum atomic E-state index is -0.549. The van der Waals surface area contributed by atoms with Crippen molar-refractivity contribution in [2.24, 2.45) is 0 Å². The number of hydrogen-bond donors (Lipinski definition) is 1. The number of ether oxygens (including phenoxy) is 3. The Hall–Kier alpha value is -2.08. The molecule has 2 aromatic carbocycles. The standard InChI is InChI=1S/C23H33NO4/c1-5-26-12-13-27-22-9-7-20(8-10-22)15-24(4)16-21(25)17-28-23-11-6-18(2)14-19(23)3/h6-11,14,21,25H,5,12-13,15-17H2,1-4H3/t21-/m1/s1. The van der Waals surface area contributed by atoms with Gasteiger partial charge in [-0.3, -0.25) is 4.90 Å². The molecule has 2 aromatic rings. The highest BCUT2D eigenvalue weighted by atomic mass is 16.5. The lowest BCUT2D eigenvalue weighted by atomic mass is 10.1. The van der Waals surface area contributed by atoms with E-state index in [1.165, 1.54) is 11.1 Å². The summed E-state index contributed by atoms with van der Waals surface area (Å²) in [6.45, 7) is 9.47. The van der Waals surface area contributed by atoms with E-state index in [1.807, 2.05) is 57.3 Å². The van der Waals surface area contributed by atoms with Gasteiger partial charge in [0.25, 0.3) is 0 Å². The van der Waals surface area contributed by atoms with Gasteiger partial charge in [0, 0.05) is 19.7 Å². The van der Waals surface area contributed by atoms with Crippen molar-refractivity contribution in [3.05, 3.63) is 59.2 Å². The van der Waals surface area contributed by atoms with Gasteiger partial charge in [0.1, 0.15) is 30.8 Å². The first kappa shape index (κ1) is 22.2. The molecule has 0 aliphatic heterocycles. The highest BCUT2D eigenvalue weighted by Gasteiger charge is 2.11. The van der Waals surface area contributed by atoms with Crippen molar-refractivity contribution in [2.75, 3.05) is 40.0 Å². The first-order chi connectivity index (χ1) is 13.5. The van der Waals surface area contributed by atoms with Crippen LogP contribution >= 0.6 is 0 Å². The van der Waals surface area contributed by atoms with Gasteiger partial charge in [-0.1, -0.05) is 29.8 Å². The molecule has 28 heavy (non-hydrogen) atoms. The number of hydrogen-bond acceptors (Lipinski definition) is 5. The third-order valence-corrected chi connectivity index (χ3v) is 4.36. The van der Waals surface area contributed by atoms with Gasteiger partial charge in [0.15, 0.2) is 0 Å². The molecule has 0 saturated heterocycles. The lowest BCUT2D eigenvalue weighted by molar-refractivity contribution is 0.0741. The van der Waals surface area contributed by atoms with Gasteiger partial charge < -0.3 is 19.3 Å². The van der Waals surface area contributed by atoms with Gasteiger partial charge in [-0.05, 0) is 57.1 Å². The van der Waals surface area contributed by atoms with E-state index in [4.69, 9.17) is 14.2 Å². The van der Waals surface area contributed by atoms with Crippen molar-refractivity contribution in [1.29, 1.82) is 0 Å². The van der Waals surface area contributed by atoms with Crippen LogP contribution in [0.25, 0.3) is 0 Å². The Balaban J connectivity index is 1.72. The van der Waals surface area contributed by atoms with Crippen LogP contribution in [-0.4, -0.2) is 56.1 Å². The predicted molar refractivity (Wildman–Crippen MR) is 112 cm³/mol. The zero-order valence-electron chi connectivity index (χ0n) is 17.5. The molecule has 0 spiro atoms. The molecule has 0 heterocycles. The molecular weight excluding hydrogens is 354 g/mol. The van der Waals surface area contributed by atoms with E-state index in [1.54, 1.807) is 0 Å². The fourth-order valence-electron chi connectivity index (χ4n) is 2.99. The van der Waals surface area contributed by atoms with Crippen LogP contribution in [0.3, 0.4) is 0 Å². The van der Waals surface area contributed by atoms with Crippen LogP contribution in [0.2, 0.25) is 0 Å². The molecule has 0 radical (unpaired) electrons. The highest BCUT2D eigenvalue weighted by Crippen LogP contribution is 2.19. The van der Waals surface area contributed by atoms with Gasteiger partial charge in [0.05, 0.1) is 6.61 Å². The molecule has 1 atom stereocenters. The Kier molecular flexibility index (Phi) is 9.28. The molecule has 0 aromatic heterocycles. The Morgan fingerprint density at radius 3 is 2.43 bits per heavy atom. The van der Waals surface area contributed by atoms with E-state index in [2.05, 4.69) is 17.9 Å². The summed E-state index contributed by atoms with van der Waals surface area (Å²) >= 11 is 0. The van der Waals surface area contributed by atoms with Crippen LogP contribution in [0, 0.1) is 13.8 Å². The van der Waals surface area contributed by atoms with Gasteiger partial charge >= 0.3 is 0 Å². The van der Waals surface area contributed by atoms with Gasteiger partial charge in [0.2, 0.25) is 0 Å². The van der Waals surface area contributed by atoms with Crippen molar-refractivity contribution < 1.29 is 19.3 Å². The molecule has 0 saturated carbocycles. The number of likely N-dealkylation sites (N-methyl/N-ethyl adjacent to an activating group) is 1. The first-order valence-electron chi connectivity index (χ1n) is 9.84. The lowest BCUT2D eigenvalue weighted by Crippen LogP contribution is -2.32. The molecule has 0 aliphatic carbocycles. The van der Waals surface area contributed by atoms with E-state index in [9.17, 15) is 5.11 Å². The minimum absolute atomic E-state index is 0.279. The number of aryl methyl sites for hydroxylation is 2. The van der Waals surface area contributed by atoms with Crippen LogP contribution in [-0.2, 0) is 11.3 Å². The summed E-state index contributed by atoms with van der Waals surface area (Å²) in [7, 11) is 1.99. The summed E-state index contributed by atoms with van der Waals surface area (Å²) in [6, 6.07) is 14.1. The van der Waals surface area contributed by atoms with Crippen molar-refractivity contribution in [1.82, 2.24) is 4.90 Å². The molecule has 5 nitrogen and oxygen atoms in total. The molecular formula is C23H33NO4. The normalized spacial score (nSPS) is 12.2. The van der Waals surface area contributed by atoms with E-state index in [0.29, 0.717) is 26.4 Å². The summed E-state index contributed by atoms with van der Waals surface area (Å²) in [5, 5.41) is 10.3. The Morgan fingerprint density at radius 2 is 1.75 bits per heavy atom. The number of rotatable bonds is 12. The molecule has 0 bridgehead atoms. The summed E-state index contributed by atoms with van der Waals surface area (Å²) in [4.78, 5) is 2.08. The van der Waals surface area contributed by atoms with Crippen molar-refractivity contribution in [2.45, 2.75) is 33.4 Å². The largest absolute Gasteiger partial charge is 0.491 e. The molecule has 5 heteroatoms. The van der Waals surface area contributed by atoms with Crippen molar-refractivity contribution in [3.63, 3.8) is 0 Å². The average Bonchev–Trinajstić information content (AvgIpc) is 2.66.